The van der Waals surface area contributed by atoms with Gasteiger partial charge in [-0.15, -0.1) is 11.3 Å². The summed E-state index contributed by atoms with van der Waals surface area (Å²) in [5.74, 6) is 0.729. The van der Waals surface area contributed by atoms with Crippen LogP contribution in [-0.2, 0) is 26.9 Å². The maximum atomic E-state index is 12.3. The molecule has 1 aromatic heterocycles. The zero-order valence-corrected chi connectivity index (χ0v) is 19.1. The largest absolute Gasteiger partial charge is 0.493 e. The van der Waals surface area contributed by atoms with E-state index in [2.05, 4.69) is 4.98 Å². The molecule has 0 spiro atoms. The summed E-state index contributed by atoms with van der Waals surface area (Å²) in [4.78, 5) is 16.8. The van der Waals surface area contributed by atoms with Gasteiger partial charge in [0.05, 0.1) is 30.7 Å². The topological polar surface area (TPSA) is 91.8 Å². The molecule has 1 heterocycles. The van der Waals surface area contributed by atoms with E-state index in [9.17, 15) is 13.2 Å². The van der Waals surface area contributed by atoms with Gasteiger partial charge < -0.3 is 14.2 Å². The molecule has 0 aliphatic rings. The van der Waals surface area contributed by atoms with E-state index in [1.54, 1.807) is 31.4 Å². The van der Waals surface area contributed by atoms with Crippen molar-refractivity contribution in [1.29, 1.82) is 0 Å². The first-order chi connectivity index (χ1) is 14.8. The molecule has 3 rings (SSSR count). The van der Waals surface area contributed by atoms with Gasteiger partial charge in [0.15, 0.2) is 21.3 Å². The van der Waals surface area contributed by atoms with E-state index in [1.165, 1.54) is 17.6 Å². The molecular weight excluding hydrogens is 438 g/mol. The maximum absolute atomic E-state index is 12.3. The summed E-state index contributed by atoms with van der Waals surface area (Å²) in [6.07, 6.45) is 1.17. The van der Waals surface area contributed by atoms with Crippen molar-refractivity contribution in [1.82, 2.24) is 4.98 Å². The molecule has 0 atom stereocenters. The molecule has 0 amide bonds. The van der Waals surface area contributed by atoms with Crippen molar-refractivity contribution in [2.45, 2.75) is 19.3 Å². The van der Waals surface area contributed by atoms with Gasteiger partial charge >= 0.3 is 5.97 Å². The zero-order valence-electron chi connectivity index (χ0n) is 17.5. The molecule has 0 radical (unpaired) electrons. The van der Waals surface area contributed by atoms with Crippen molar-refractivity contribution < 1.29 is 27.4 Å². The first kappa shape index (κ1) is 22.8. The lowest BCUT2D eigenvalue weighted by Gasteiger charge is -2.09. The number of rotatable bonds is 9. The molecule has 0 unspecified atom stereocenters. The van der Waals surface area contributed by atoms with Crippen LogP contribution in [0.15, 0.2) is 47.8 Å². The third-order valence-electron chi connectivity index (χ3n) is 4.23. The molecule has 0 saturated carbocycles. The van der Waals surface area contributed by atoms with Crippen LogP contribution in [0.25, 0.3) is 10.6 Å². The van der Waals surface area contributed by atoms with E-state index in [0.29, 0.717) is 34.9 Å². The molecule has 0 aliphatic carbocycles. The molecule has 0 aliphatic heterocycles. The first-order valence-corrected chi connectivity index (χ1v) is 12.4. The molecule has 9 heteroatoms. The highest BCUT2D eigenvalue weighted by Crippen LogP contribution is 2.33. The number of nitrogens with zero attached hydrogens (tertiary/aromatic N) is 1. The fourth-order valence-electron chi connectivity index (χ4n) is 2.84. The summed E-state index contributed by atoms with van der Waals surface area (Å²) in [5.41, 5.74) is 2.48. The highest BCUT2D eigenvalue weighted by molar-refractivity contribution is 7.89. The summed E-state index contributed by atoms with van der Waals surface area (Å²) in [7, 11) is -1.54. The maximum Gasteiger partial charge on any atom is 0.338 e. The molecule has 3 aromatic rings. The van der Waals surface area contributed by atoms with Crippen LogP contribution in [0.2, 0.25) is 0 Å². The predicted octanol–water partition coefficient (Wildman–Crippen LogP) is 4.12. The monoisotopic (exact) mass is 461 g/mol. The van der Waals surface area contributed by atoms with Crippen LogP contribution in [-0.4, -0.2) is 39.3 Å². The van der Waals surface area contributed by atoms with E-state index in [4.69, 9.17) is 14.2 Å². The van der Waals surface area contributed by atoms with E-state index >= 15 is 0 Å². The molecule has 164 valence electrons. The van der Waals surface area contributed by atoms with Crippen LogP contribution in [0.1, 0.15) is 28.5 Å². The third kappa shape index (κ3) is 6.28. The molecule has 0 bridgehead atoms. The van der Waals surface area contributed by atoms with Crippen LogP contribution in [0.3, 0.4) is 0 Å². The Labute approximate surface area is 185 Å². The number of hydrogen-bond donors (Lipinski definition) is 0. The second kappa shape index (κ2) is 9.93. The SMILES string of the molecule is CCOc1ccc(-c2nc(COC(=O)c3ccc(CS(C)(=O)=O)cc3)cs2)cc1OC. The van der Waals surface area contributed by atoms with E-state index in [1.807, 2.05) is 30.5 Å². The third-order valence-corrected chi connectivity index (χ3v) is 6.03. The number of carbonyl (C=O) groups is 1. The number of aromatic nitrogens is 1. The number of thiazole rings is 1. The molecule has 0 fully saturated rings. The highest BCUT2D eigenvalue weighted by Gasteiger charge is 2.13. The average molecular weight is 462 g/mol. The van der Waals surface area contributed by atoms with Crippen LogP contribution < -0.4 is 9.47 Å². The van der Waals surface area contributed by atoms with Gasteiger partial charge in [-0.25, -0.2) is 18.2 Å². The zero-order chi connectivity index (χ0) is 22.4. The second-order valence-electron chi connectivity index (χ2n) is 6.79. The molecule has 0 N–H and O–H groups in total. The normalized spacial score (nSPS) is 11.2. The standard InChI is InChI=1S/C22H23NO6S2/c1-4-28-19-10-9-17(11-20(19)27-2)21-23-18(13-30-21)12-29-22(24)16-7-5-15(6-8-16)14-31(3,25)26/h5-11,13H,4,12,14H2,1-3H3. The Morgan fingerprint density at radius 1 is 1.10 bits per heavy atom. The lowest BCUT2D eigenvalue weighted by Crippen LogP contribution is -2.06. The minimum Gasteiger partial charge on any atom is -0.493 e. The van der Waals surface area contributed by atoms with Crippen LogP contribution >= 0.6 is 11.3 Å². The minimum atomic E-state index is -3.13. The quantitative estimate of drug-likeness (QED) is 0.443. The number of sulfone groups is 1. The number of benzene rings is 2. The number of hydrogen-bond acceptors (Lipinski definition) is 8. The Balaban J connectivity index is 1.63. The van der Waals surface area contributed by atoms with E-state index in [-0.39, 0.29) is 12.4 Å². The molecule has 0 saturated heterocycles. The Morgan fingerprint density at radius 2 is 1.84 bits per heavy atom. The Hall–Kier alpha value is -2.91. The lowest BCUT2D eigenvalue weighted by molar-refractivity contribution is 0.0468. The molecule has 2 aromatic carbocycles. The van der Waals surface area contributed by atoms with Gasteiger partial charge in [-0.2, -0.15) is 0 Å². The minimum absolute atomic E-state index is 0.0363. The lowest BCUT2D eigenvalue weighted by atomic mass is 10.1. The first-order valence-electron chi connectivity index (χ1n) is 9.48. The summed E-state index contributed by atoms with van der Waals surface area (Å²) >= 11 is 1.44. The number of esters is 1. The second-order valence-corrected chi connectivity index (χ2v) is 9.78. The van der Waals surface area contributed by atoms with Crippen molar-refractivity contribution in [3.8, 4) is 22.1 Å². The van der Waals surface area contributed by atoms with E-state index < -0.39 is 15.8 Å². The van der Waals surface area contributed by atoms with Gasteiger partial charge in [0.25, 0.3) is 0 Å². The number of carbonyl (C=O) groups excluding carboxylic acids is 1. The van der Waals surface area contributed by atoms with E-state index in [0.717, 1.165) is 10.6 Å². The van der Waals surface area contributed by atoms with Crippen molar-refractivity contribution in [3.05, 3.63) is 64.7 Å². The fourth-order valence-corrected chi connectivity index (χ4v) is 4.44. The van der Waals surface area contributed by atoms with Gasteiger partial charge in [-0.1, -0.05) is 12.1 Å². The van der Waals surface area contributed by atoms with Gasteiger partial charge in [-0.3, -0.25) is 0 Å². The summed E-state index contributed by atoms with van der Waals surface area (Å²) in [6.45, 7) is 2.49. The summed E-state index contributed by atoms with van der Waals surface area (Å²) in [6, 6.07) is 11.9. The van der Waals surface area contributed by atoms with Gasteiger partial charge in [0.2, 0.25) is 0 Å². The Kier molecular flexibility index (Phi) is 7.29. The van der Waals surface area contributed by atoms with Crippen LogP contribution in [0.5, 0.6) is 11.5 Å². The predicted molar refractivity (Wildman–Crippen MR) is 119 cm³/mol. The van der Waals surface area contributed by atoms with Gasteiger partial charge in [0, 0.05) is 17.2 Å². The Bertz CT molecular complexity index is 1150. The van der Waals surface area contributed by atoms with Gasteiger partial charge in [0.1, 0.15) is 11.6 Å². The fraction of sp³-hybridized carbons (Fsp3) is 0.273. The van der Waals surface area contributed by atoms with Crippen molar-refractivity contribution in [2.24, 2.45) is 0 Å². The molecule has 7 nitrogen and oxygen atoms in total. The van der Waals surface area contributed by atoms with Crippen molar-refractivity contribution in [2.75, 3.05) is 20.0 Å². The van der Waals surface area contributed by atoms with Crippen molar-refractivity contribution in [3.63, 3.8) is 0 Å². The number of methoxy groups -OCH3 is 1. The number of ether oxygens (including phenoxy) is 3. The molecular formula is C22H23NO6S2. The average Bonchev–Trinajstić information content (AvgIpc) is 3.21. The summed E-state index contributed by atoms with van der Waals surface area (Å²) < 4.78 is 39.0. The van der Waals surface area contributed by atoms with Crippen LogP contribution in [0, 0.1) is 0 Å². The highest BCUT2D eigenvalue weighted by atomic mass is 32.2. The Morgan fingerprint density at radius 3 is 2.48 bits per heavy atom. The molecule has 31 heavy (non-hydrogen) atoms. The van der Waals surface area contributed by atoms with Crippen LogP contribution in [0.4, 0.5) is 0 Å². The van der Waals surface area contributed by atoms with Crippen molar-refractivity contribution >= 4 is 27.1 Å². The van der Waals surface area contributed by atoms with Gasteiger partial charge in [-0.05, 0) is 42.8 Å². The smallest absolute Gasteiger partial charge is 0.338 e. The summed E-state index contributed by atoms with van der Waals surface area (Å²) in [5, 5.41) is 2.61.